The fourth-order valence-corrected chi connectivity index (χ4v) is 1.48. The first-order valence-electron chi connectivity index (χ1n) is 5.21. The van der Waals surface area contributed by atoms with E-state index in [1.165, 1.54) is 18.1 Å². The lowest BCUT2D eigenvalue weighted by Crippen LogP contribution is -2.21. The Balaban J connectivity index is 2.99. The van der Waals surface area contributed by atoms with E-state index in [1.807, 2.05) is 0 Å². The van der Waals surface area contributed by atoms with Crippen LogP contribution < -0.4 is 9.64 Å². The van der Waals surface area contributed by atoms with Crippen molar-refractivity contribution in [3.8, 4) is 5.75 Å². The van der Waals surface area contributed by atoms with Crippen LogP contribution in [-0.2, 0) is 4.79 Å². The molecule has 0 aliphatic rings. The molecule has 18 heavy (non-hydrogen) atoms. The number of hydrogen-bond acceptors (Lipinski definition) is 5. The van der Waals surface area contributed by atoms with E-state index < -0.39 is 10.9 Å². The van der Waals surface area contributed by atoms with Crippen LogP contribution in [0.1, 0.15) is 6.42 Å². The van der Waals surface area contributed by atoms with Crippen molar-refractivity contribution in [3.05, 3.63) is 28.3 Å². The van der Waals surface area contributed by atoms with Crippen molar-refractivity contribution in [2.24, 2.45) is 0 Å². The number of methoxy groups -OCH3 is 1. The van der Waals surface area contributed by atoms with E-state index in [2.05, 4.69) is 0 Å². The van der Waals surface area contributed by atoms with Crippen molar-refractivity contribution in [2.45, 2.75) is 6.42 Å². The average Bonchev–Trinajstić information content (AvgIpc) is 2.34. The number of aliphatic carboxylic acids is 1. The number of carboxylic acids is 1. The topological polar surface area (TPSA) is 92.9 Å². The predicted octanol–water partition coefficient (Wildman–Crippen LogP) is 1.51. The maximum atomic E-state index is 10.9. The summed E-state index contributed by atoms with van der Waals surface area (Å²) in [5.41, 5.74) is 0.254. The summed E-state index contributed by atoms with van der Waals surface area (Å²) in [4.78, 5) is 22.4. The van der Waals surface area contributed by atoms with E-state index in [4.69, 9.17) is 9.84 Å². The molecule has 0 unspecified atom stereocenters. The molecule has 1 N–H and O–H groups in total. The number of benzene rings is 1. The summed E-state index contributed by atoms with van der Waals surface area (Å²) in [7, 11) is 3.03. The summed E-state index contributed by atoms with van der Waals surface area (Å²) in [6, 6.07) is 4.45. The predicted molar refractivity (Wildman–Crippen MR) is 65.2 cm³/mol. The number of hydrogen-bond donors (Lipinski definition) is 1. The summed E-state index contributed by atoms with van der Waals surface area (Å²) >= 11 is 0. The molecule has 0 atom stereocenters. The van der Waals surface area contributed by atoms with Gasteiger partial charge in [0.2, 0.25) is 0 Å². The molecule has 1 aromatic rings. The second-order valence-corrected chi connectivity index (χ2v) is 3.68. The zero-order chi connectivity index (χ0) is 13.7. The third-order valence-corrected chi connectivity index (χ3v) is 2.45. The molecule has 0 fully saturated rings. The molecule has 0 heterocycles. The van der Waals surface area contributed by atoms with Gasteiger partial charge in [-0.3, -0.25) is 14.9 Å². The van der Waals surface area contributed by atoms with Crippen molar-refractivity contribution in [1.82, 2.24) is 0 Å². The summed E-state index contributed by atoms with van der Waals surface area (Å²) in [6.45, 7) is 0.197. The molecular formula is C11H14N2O5. The van der Waals surface area contributed by atoms with Crippen LogP contribution >= 0.6 is 0 Å². The van der Waals surface area contributed by atoms with E-state index in [0.29, 0.717) is 11.4 Å². The summed E-state index contributed by atoms with van der Waals surface area (Å²) in [5.74, 6) is -0.560. The van der Waals surface area contributed by atoms with Gasteiger partial charge in [0, 0.05) is 13.6 Å². The van der Waals surface area contributed by atoms with Gasteiger partial charge in [-0.05, 0) is 12.1 Å². The van der Waals surface area contributed by atoms with E-state index in [0.717, 1.165) is 0 Å². The quantitative estimate of drug-likeness (QED) is 0.611. The molecule has 0 aliphatic heterocycles. The minimum absolute atomic E-state index is 0.0836. The third-order valence-electron chi connectivity index (χ3n) is 2.45. The van der Waals surface area contributed by atoms with Gasteiger partial charge in [-0.1, -0.05) is 0 Å². The second kappa shape index (κ2) is 5.85. The molecular weight excluding hydrogens is 240 g/mol. The van der Waals surface area contributed by atoms with Gasteiger partial charge in [0.1, 0.15) is 11.4 Å². The number of carbonyl (C=O) groups is 1. The largest absolute Gasteiger partial charge is 0.496 e. The maximum Gasteiger partial charge on any atom is 0.305 e. The summed E-state index contributed by atoms with van der Waals surface area (Å²) < 4.78 is 4.92. The lowest BCUT2D eigenvalue weighted by atomic mass is 10.2. The zero-order valence-corrected chi connectivity index (χ0v) is 10.1. The van der Waals surface area contributed by atoms with Gasteiger partial charge in [-0.2, -0.15) is 0 Å². The summed E-state index contributed by atoms with van der Waals surface area (Å²) in [6.07, 6.45) is -0.0836. The Labute approximate surface area is 104 Å². The maximum absolute atomic E-state index is 10.9. The molecule has 0 amide bonds. The Morgan fingerprint density at radius 1 is 1.56 bits per heavy atom. The van der Waals surface area contributed by atoms with Gasteiger partial charge >= 0.3 is 5.97 Å². The van der Waals surface area contributed by atoms with Crippen LogP contribution in [0.4, 0.5) is 11.4 Å². The molecule has 0 saturated heterocycles. The van der Waals surface area contributed by atoms with Crippen molar-refractivity contribution >= 4 is 17.3 Å². The molecule has 0 aromatic heterocycles. The minimum atomic E-state index is -0.946. The third kappa shape index (κ3) is 3.34. The number of nitro groups is 1. The smallest absolute Gasteiger partial charge is 0.305 e. The van der Waals surface area contributed by atoms with Gasteiger partial charge in [0.05, 0.1) is 24.5 Å². The number of carboxylic acid groups (broad SMARTS) is 1. The van der Waals surface area contributed by atoms with Gasteiger partial charge in [-0.15, -0.1) is 0 Å². The molecule has 0 saturated carbocycles. The highest BCUT2D eigenvalue weighted by Crippen LogP contribution is 2.31. The number of nitro benzene ring substituents is 1. The molecule has 1 rings (SSSR count). The monoisotopic (exact) mass is 254 g/mol. The van der Waals surface area contributed by atoms with Crippen molar-refractivity contribution in [2.75, 3.05) is 25.6 Å². The average molecular weight is 254 g/mol. The Kier molecular flexibility index (Phi) is 4.47. The first-order chi connectivity index (χ1) is 8.45. The first kappa shape index (κ1) is 13.8. The van der Waals surface area contributed by atoms with Gasteiger partial charge < -0.3 is 14.7 Å². The fraction of sp³-hybridized carbons (Fsp3) is 0.364. The van der Waals surface area contributed by atoms with Crippen molar-refractivity contribution < 1.29 is 19.6 Å². The molecule has 0 spiro atoms. The Hall–Kier alpha value is -2.31. The van der Waals surface area contributed by atoms with Gasteiger partial charge in [-0.25, -0.2) is 0 Å². The Morgan fingerprint density at radius 2 is 2.22 bits per heavy atom. The molecule has 7 nitrogen and oxygen atoms in total. The first-order valence-corrected chi connectivity index (χ1v) is 5.21. The van der Waals surface area contributed by atoms with Crippen molar-refractivity contribution in [3.63, 3.8) is 0 Å². The molecule has 1 aromatic carbocycles. The number of rotatable bonds is 6. The SMILES string of the molecule is COc1ccc(N(C)CCC(=O)O)c([N+](=O)[O-])c1. The minimum Gasteiger partial charge on any atom is -0.496 e. The highest BCUT2D eigenvalue weighted by Gasteiger charge is 2.18. The van der Waals surface area contributed by atoms with Crippen LogP contribution in [0.15, 0.2) is 18.2 Å². The Bertz CT molecular complexity index is 461. The van der Waals surface area contributed by atoms with Crippen LogP contribution in [0.25, 0.3) is 0 Å². The van der Waals surface area contributed by atoms with Gasteiger partial charge in [0.15, 0.2) is 0 Å². The van der Waals surface area contributed by atoms with E-state index >= 15 is 0 Å². The lowest BCUT2D eigenvalue weighted by Gasteiger charge is -2.18. The van der Waals surface area contributed by atoms with E-state index in [1.54, 1.807) is 19.2 Å². The van der Waals surface area contributed by atoms with Gasteiger partial charge in [0.25, 0.3) is 5.69 Å². The molecule has 7 heteroatoms. The lowest BCUT2D eigenvalue weighted by molar-refractivity contribution is -0.384. The number of anilines is 1. The van der Waals surface area contributed by atoms with E-state index in [-0.39, 0.29) is 18.7 Å². The van der Waals surface area contributed by atoms with Crippen LogP contribution in [0, 0.1) is 10.1 Å². The number of nitrogens with zero attached hydrogens (tertiary/aromatic N) is 2. The fourth-order valence-electron chi connectivity index (χ4n) is 1.48. The molecule has 0 radical (unpaired) electrons. The molecule has 98 valence electrons. The molecule has 0 bridgehead atoms. The highest BCUT2D eigenvalue weighted by atomic mass is 16.6. The normalized spacial score (nSPS) is 9.89. The van der Waals surface area contributed by atoms with Crippen LogP contribution in [0.5, 0.6) is 5.75 Å². The van der Waals surface area contributed by atoms with E-state index in [9.17, 15) is 14.9 Å². The van der Waals surface area contributed by atoms with Crippen LogP contribution in [-0.4, -0.2) is 36.7 Å². The van der Waals surface area contributed by atoms with Crippen LogP contribution in [0.3, 0.4) is 0 Å². The standard InChI is InChI=1S/C11H14N2O5/c1-12(6-5-11(14)15)9-4-3-8(18-2)7-10(9)13(16)17/h3-4,7H,5-6H2,1-2H3,(H,14,15). The highest BCUT2D eigenvalue weighted by molar-refractivity contribution is 5.69. The Morgan fingerprint density at radius 3 is 2.72 bits per heavy atom. The second-order valence-electron chi connectivity index (χ2n) is 3.68. The summed E-state index contributed by atoms with van der Waals surface area (Å²) in [5, 5.41) is 19.5. The van der Waals surface area contributed by atoms with Crippen molar-refractivity contribution in [1.29, 1.82) is 0 Å². The zero-order valence-electron chi connectivity index (χ0n) is 10.1. The molecule has 0 aliphatic carbocycles. The van der Waals surface area contributed by atoms with Crippen LogP contribution in [0.2, 0.25) is 0 Å². The number of ether oxygens (including phenoxy) is 1.